The minimum absolute atomic E-state index is 0.245. The minimum Gasteiger partial charge on any atom is -0.481 e. The molecule has 21 heavy (non-hydrogen) atoms. The summed E-state index contributed by atoms with van der Waals surface area (Å²) in [5, 5.41) is 16.7. The highest BCUT2D eigenvalue weighted by Gasteiger charge is 1.98. The Balaban J connectivity index is -0.000000386. The van der Waals surface area contributed by atoms with Crippen LogP contribution in [0.25, 0.3) is 0 Å². The van der Waals surface area contributed by atoms with Gasteiger partial charge in [-0.3, -0.25) is 9.59 Å². The van der Waals surface area contributed by atoms with Crippen molar-refractivity contribution in [2.24, 2.45) is 11.5 Å². The van der Waals surface area contributed by atoms with Gasteiger partial charge in [-0.25, -0.2) is 0 Å². The standard InChI is InChI=1S/C10H18O4.C3H7N.C2H5N/c11-9(12)7-5-3-1-2-4-6-8-10(13)14;1-3(2)4;1-2-3/h1-8H2,(H,11,12)(H,13,14);1,4H2,2H3;2H,1,3H2. The average molecular weight is 302 g/mol. The van der Waals surface area contributed by atoms with E-state index < -0.39 is 11.9 Å². The molecule has 0 heterocycles. The highest BCUT2D eigenvalue weighted by molar-refractivity contribution is 5.66. The van der Waals surface area contributed by atoms with Gasteiger partial charge in [0.2, 0.25) is 0 Å². The van der Waals surface area contributed by atoms with E-state index in [-0.39, 0.29) is 12.8 Å². The SMILES string of the molecule is C=C(C)N.C=CN.O=C(O)CCCCCCCCC(=O)O. The third-order valence-electron chi connectivity index (χ3n) is 2.03. The molecule has 0 aliphatic heterocycles. The molecule has 0 saturated heterocycles. The largest absolute Gasteiger partial charge is 0.481 e. The second kappa shape index (κ2) is 20.3. The third kappa shape index (κ3) is 56.8. The number of allylic oxidation sites excluding steroid dienone is 1. The zero-order chi connectivity index (χ0) is 17.1. The lowest BCUT2D eigenvalue weighted by molar-refractivity contribution is -0.138. The zero-order valence-corrected chi connectivity index (χ0v) is 13.0. The molecule has 0 bridgehead atoms. The van der Waals surface area contributed by atoms with E-state index >= 15 is 0 Å². The van der Waals surface area contributed by atoms with Gasteiger partial charge in [0, 0.05) is 12.8 Å². The molecule has 0 amide bonds. The lowest BCUT2D eigenvalue weighted by atomic mass is 10.1. The maximum absolute atomic E-state index is 10.1. The number of carboxylic acid groups (broad SMARTS) is 2. The van der Waals surface area contributed by atoms with Crippen LogP contribution in [0.3, 0.4) is 0 Å². The fraction of sp³-hybridized carbons (Fsp3) is 0.600. The van der Waals surface area contributed by atoms with Crippen LogP contribution >= 0.6 is 0 Å². The topological polar surface area (TPSA) is 127 Å². The number of carboxylic acids is 2. The minimum atomic E-state index is -0.740. The molecule has 0 aliphatic carbocycles. The maximum atomic E-state index is 10.1. The number of hydrogen-bond acceptors (Lipinski definition) is 4. The molecule has 0 radical (unpaired) electrons. The van der Waals surface area contributed by atoms with Crippen molar-refractivity contribution in [3.8, 4) is 0 Å². The molecular formula is C15H30N2O4. The molecule has 6 heteroatoms. The van der Waals surface area contributed by atoms with Crippen molar-refractivity contribution in [2.45, 2.75) is 58.3 Å². The van der Waals surface area contributed by atoms with Crippen LogP contribution < -0.4 is 11.5 Å². The molecular weight excluding hydrogens is 272 g/mol. The van der Waals surface area contributed by atoms with Crippen molar-refractivity contribution in [2.75, 3.05) is 0 Å². The van der Waals surface area contributed by atoms with E-state index in [1.165, 1.54) is 6.20 Å². The van der Waals surface area contributed by atoms with Gasteiger partial charge < -0.3 is 21.7 Å². The summed E-state index contributed by atoms with van der Waals surface area (Å²) in [4.78, 5) is 20.3. The number of rotatable bonds is 9. The number of carbonyl (C=O) groups is 2. The number of nitrogens with two attached hydrogens (primary N) is 2. The summed E-state index contributed by atoms with van der Waals surface area (Å²) >= 11 is 0. The molecule has 0 fully saturated rings. The molecule has 0 aliphatic rings. The van der Waals surface area contributed by atoms with Crippen LogP contribution in [0.2, 0.25) is 0 Å². The fourth-order valence-corrected chi connectivity index (χ4v) is 1.26. The van der Waals surface area contributed by atoms with Gasteiger partial charge >= 0.3 is 11.9 Å². The first kappa shape index (κ1) is 24.1. The van der Waals surface area contributed by atoms with Crippen molar-refractivity contribution < 1.29 is 19.8 Å². The van der Waals surface area contributed by atoms with Crippen LogP contribution in [0.5, 0.6) is 0 Å². The van der Waals surface area contributed by atoms with Crippen LogP contribution in [0.15, 0.2) is 25.1 Å². The van der Waals surface area contributed by atoms with E-state index in [0.717, 1.165) is 38.5 Å². The van der Waals surface area contributed by atoms with Gasteiger partial charge in [0.25, 0.3) is 0 Å². The molecule has 0 spiro atoms. The Hall–Kier alpha value is -1.98. The average Bonchev–Trinajstić information content (AvgIpc) is 2.32. The first-order chi connectivity index (χ1) is 9.77. The van der Waals surface area contributed by atoms with Gasteiger partial charge in [-0.05, 0) is 31.7 Å². The third-order valence-corrected chi connectivity index (χ3v) is 2.03. The van der Waals surface area contributed by atoms with E-state index in [0.29, 0.717) is 5.70 Å². The normalized spacial score (nSPS) is 8.43. The van der Waals surface area contributed by atoms with Gasteiger partial charge in [0.15, 0.2) is 0 Å². The second-order valence-corrected chi connectivity index (χ2v) is 4.49. The van der Waals surface area contributed by atoms with Crippen molar-refractivity contribution in [3.05, 3.63) is 25.1 Å². The highest BCUT2D eigenvalue weighted by atomic mass is 16.4. The molecule has 6 N–H and O–H groups in total. The summed E-state index contributed by atoms with van der Waals surface area (Å²) in [6.45, 7) is 8.22. The van der Waals surface area contributed by atoms with Crippen LogP contribution in [0.4, 0.5) is 0 Å². The quantitative estimate of drug-likeness (QED) is 0.485. The molecule has 0 aromatic rings. The Bertz CT molecular complexity index is 267. The lowest BCUT2D eigenvalue weighted by Crippen LogP contribution is -1.94. The van der Waals surface area contributed by atoms with Gasteiger partial charge in [0.05, 0.1) is 0 Å². The number of aliphatic carboxylic acids is 2. The predicted molar refractivity (Wildman–Crippen MR) is 85.6 cm³/mol. The summed E-state index contributed by atoms with van der Waals surface area (Å²) in [6.07, 6.45) is 7.07. The molecule has 0 aromatic carbocycles. The molecule has 0 saturated carbocycles. The monoisotopic (exact) mass is 302 g/mol. The number of hydrogen-bond donors (Lipinski definition) is 4. The summed E-state index contributed by atoms with van der Waals surface area (Å²) in [5.41, 5.74) is 10.2. The van der Waals surface area contributed by atoms with Crippen molar-refractivity contribution in [3.63, 3.8) is 0 Å². The van der Waals surface area contributed by atoms with Crippen LogP contribution in [0.1, 0.15) is 58.3 Å². The van der Waals surface area contributed by atoms with Crippen LogP contribution in [-0.4, -0.2) is 22.2 Å². The van der Waals surface area contributed by atoms with Crippen molar-refractivity contribution >= 4 is 11.9 Å². The summed E-state index contributed by atoms with van der Waals surface area (Å²) in [6, 6.07) is 0. The zero-order valence-electron chi connectivity index (χ0n) is 13.0. The van der Waals surface area contributed by atoms with Gasteiger partial charge in [-0.2, -0.15) is 0 Å². The molecule has 0 unspecified atom stereocenters. The Morgan fingerprint density at radius 3 is 1.33 bits per heavy atom. The van der Waals surface area contributed by atoms with Gasteiger partial charge in [-0.1, -0.05) is 38.8 Å². The fourth-order valence-electron chi connectivity index (χ4n) is 1.26. The Labute approximate surface area is 127 Å². The Morgan fingerprint density at radius 2 is 1.14 bits per heavy atom. The summed E-state index contributed by atoms with van der Waals surface area (Å²) < 4.78 is 0. The molecule has 0 rings (SSSR count). The molecule has 124 valence electrons. The Kier molecular flexibility index (Phi) is 23.3. The van der Waals surface area contributed by atoms with E-state index in [4.69, 9.17) is 15.9 Å². The van der Waals surface area contributed by atoms with E-state index in [1.807, 2.05) is 0 Å². The smallest absolute Gasteiger partial charge is 0.303 e. The number of unbranched alkanes of at least 4 members (excludes halogenated alkanes) is 5. The van der Waals surface area contributed by atoms with E-state index in [1.54, 1.807) is 6.92 Å². The first-order valence-electron chi connectivity index (χ1n) is 6.95. The summed E-state index contributed by atoms with van der Waals surface area (Å²) in [7, 11) is 0. The van der Waals surface area contributed by atoms with Gasteiger partial charge in [0.1, 0.15) is 0 Å². The molecule has 6 nitrogen and oxygen atoms in total. The molecule has 0 aromatic heterocycles. The first-order valence-corrected chi connectivity index (χ1v) is 6.95. The summed E-state index contributed by atoms with van der Waals surface area (Å²) in [5.74, 6) is -1.48. The second-order valence-electron chi connectivity index (χ2n) is 4.49. The van der Waals surface area contributed by atoms with Gasteiger partial charge in [-0.15, -0.1) is 0 Å². The van der Waals surface area contributed by atoms with Crippen molar-refractivity contribution in [1.29, 1.82) is 0 Å². The maximum Gasteiger partial charge on any atom is 0.303 e. The van der Waals surface area contributed by atoms with E-state index in [2.05, 4.69) is 18.9 Å². The van der Waals surface area contributed by atoms with Crippen LogP contribution in [0, 0.1) is 0 Å². The molecule has 0 atom stereocenters. The van der Waals surface area contributed by atoms with Crippen LogP contribution in [-0.2, 0) is 9.59 Å². The predicted octanol–water partition coefficient (Wildman–Crippen LogP) is 2.84. The van der Waals surface area contributed by atoms with E-state index in [9.17, 15) is 9.59 Å². The highest BCUT2D eigenvalue weighted by Crippen LogP contribution is 2.08. The lowest BCUT2D eigenvalue weighted by Gasteiger charge is -1.98. The Morgan fingerprint density at radius 1 is 0.952 bits per heavy atom. The van der Waals surface area contributed by atoms with Crippen molar-refractivity contribution in [1.82, 2.24) is 0 Å².